The first-order valence-electron chi connectivity index (χ1n) is 1.75. The molecule has 0 aliphatic rings. The van der Waals surface area contributed by atoms with E-state index in [2.05, 4.69) is 4.74 Å². The van der Waals surface area contributed by atoms with Gasteiger partial charge in [-0.15, -0.1) is 0 Å². The molecule has 0 aromatic rings. The number of amides is 1. The van der Waals surface area contributed by atoms with E-state index >= 15 is 0 Å². The van der Waals surface area contributed by atoms with E-state index in [-0.39, 0.29) is 0 Å². The Hall–Kier alpha value is -0.980. The number of hydrogen-bond acceptors (Lipinski definition) is 3. The number of ether oxygens (including phenoxy) is 1. The Morgan fingerprint density at radius 3 is 2.00 bits per heavy atom. The lowest BCUT2D eigenvalue weighted by atomic mass is 11.2. The summed E-state index contributed by atoms with van der Waals surface area (Å²) in [5.41, 5.74) is -2.04. The first-order chi connectivity index (χ1) is 4.09. The zero-order valence-corrected chi connectivity index (χ0v) is 4.34. The fourth-order valence-corrected chi connectivity index (χ4v) is 0.137. The molecule has 0 heterocycles. The highest BCUT2D eigenvalue weighted by Gasteiger charge is 2.21. The monoisotopic (exact) mass is 144 g/mol. The molecule has 0 spiro atoms. The molecule has 0 unspecified atom stereocenters. The molecular weight excluding hydrogens is 141 g/mol. The molecule has 0 aliphatic heterocycles. The van der Waals surface area contributed by atoms with Gasteiger partial charge >= 0.3 is 6.09 Å². The van der Waals surface area contributed by atoms with Gasteiger partial charge in [-0.25, -0.2) is 4.79 Å². The Balaban J connectivity index is 3.72. The number of rotatable bonds is 1. The van der Waals surface area contributed by atoms with Crippen LogP contribution in [0.3, 0.4) is 0 Å². The van der Waals surface area contributed by atoms with Crippen molar-refractivity contribution in [2.24, 2.45) is 0 Å². The molecule has 0 radical (unpaired) electrons. The molecule has 7 heteroatoms. The van der Waals surface area contributed by atoms with Gasteiger partial charge in [-0.1, -0.05) is 13.4 Å². The molecule has 0 N–H and O–H groups in total. The maximum atomic E-state index is 11.5. The molecule has 0 bridgehead atoms. The van der Waals surface area contributed by atoms with Crippen LogP contribution in [0.2, 0.25) is 0 Å². The van der Waals surface area contributed by atoms with Gasteiger partial charge < -0.3 is 4.74 Å². The van der Waals surface area contributed by atoms with Crippen molar-refractivity contribution in [3.8, 4) is 0 Å². The molecule has 4 nitrogen and oxygen atoms in total. The van der Waals surface area contributed by atoms with Gasteiger partial charge in [0.1, 0.15) is 0 Å². The maximum absolute atomic E-state index is 11.5. The van der Waals surface area contributed by atoms with Crippen LogP contribution in [0.4, 0.5) is 18.2 Å². The highest BCUT2D eigenvalue weighted by atomic mass is 19.4. The van der Waals surface area contributed by atoms with Gasteiger partial charge in [-0.3, -0.25) is 0 Å². The topological polar surface area (TPSA) is 32.8 Å². The van der Waals surface area contributed by atoms with E-state index < -0.39 is 16.8 Å². The largest absolute Gasteiger partial charge is 0.458 e. The summed E-state index contributed by atoms with van der Waals surface area (Å²) in [5, 5.41) is -1.47. The second-order valence-electron chi connectivity index (χ2n) is 0.945. The van der Waals surface area contributed by atoms with Gasteiger partial charge in [0.05, 0.1) is 7.11 Å². The molecule has 0 saturated heterocycles. The van der Waals surface area contributed by atoms with Crippen molar-refractivity contribution >= 4 is 6.09 Å². The highest BCUT2D eigenvalue weighted by Crippen LogP contribution is 2.01. The number of methoxy groups -OCH3 is 1. The molecular formula is C2H3F3N2O2. The van der Waals surface area contributed by atoms with E-state index in [9.17, 15) is 18.2 Å². The average molecular weight is 144 g/mol. The molecule has 9 heavy (non-hydrogen) atoms. The number of nitrogens with zero attached hydrogens (tertiary/aromatic N) is 2. The fraction of sp³-hybridized carbons (Fsp3) is 0.500. The summed E-state index contributed by atoms with van der Waals surface area (Å²) in [6.45, 7) is 0. The summed E-state index contributed by atoms with van der Waals surface area (Å²) in [4.78, 5) is 9.76. The lowest BCUT2D eigenvalue weighted by molar-refractivity contribution is -0.346. The Bertz CT molecular complexity index is 108. The van der Waals surface area contributed by atoms with Gasteiger partial charge in [-0.05, 0) is 5.23 Å². The summed E-state index contributed by atoms with van der Waals surface area (Å²) < 4.78 is 36.9. The highest BCUT2D eigenvalue weighted by molar-refractivity contribution is 5.64. The van der Waals surface area contributed by atoms with Crippen molar-refractivity contribution in [3.63, 3.8) is 0 Å². The van der Waals surface area contributed by atoms with Crippen molar-refractivity contribution < 1.29 is 23.0 Å². The summed E-state index contributed by atoms with van der Waals surface area (Å²) in [6.07, 6.45) is -1.78. The van der Waals surface area contributed by atoms with E-state index in [4.69, 9.17) is 0 Å². The minimum atomic E-state index is -2.04. The Labute approximate surface area is 48.2 Å². The standard InChI is InChI=1S/C2H3F3N2O2/c1-9-2(8)6(3)7(4)5/h1H3. The summed E-state index contributed by atoms with van der Waals surface area (Å²) in [7, 11) is 0.776. The molecule has 54 valence electrons. The van der Waals surface area contributed by atoms with Gasteiger partial charge in [0, 0.05) is 0 Å². The quantitative estimate of drug-likeness (QED) is 0.405. The molecule has 1 amide bonds. The van der Waals surface area contributed by atoms with Gasteiger partial charge in [0.15, 0.2) is 5.45 Å². The van der Waals surface area contributed by atoms with Gasteiger partial charge in [-0.2, -0.15) is 0 Å². The van der Waals surface area contributed by atoms with Crippen LogP contribution in [0.15, 0.2) is 0 Å². The smallest absolute Gasteiger partial charge is 0.450 e. The maximum Gasteiger partial charge on any atom is 0.458 e. The van der Waals surface area contributed by atoms with Crippen LogP contribution in [0.1, 0.15) is 0 Å². The van der Waals surface area contributed by atoms with E-state index in [0.29, 0.717) is 0 Å². The number of hydrazine groups is 1. The normalized spacial score (nSPS) is 9.44. The van der Waals surface area contributed by atoms with Gasteiger partial charge in [0.2, 0.25) is 0 Å². The summed E-state index contributed by atoms with van der Waals surface area (Å²) in [5.74, 6) is 0. The van der Waals surface area contributed by atoms with E-state index in [1.54, 1.807) is 0 Å². The Morgan fingerprint density at radius 1 is 1.44 bits per heavy atom. The number of halogens is 3. The fourth-order valence-electron chi connectivity index (χ4n) is 0.137. The number of carbonyl (C=O) groups is 1. The van der Waals surface area contributed by atoms with Crippen molar-refractivity contribution in [3.05, 3.63) is 0 Å². The molecule has 0 saturated carbocycles. The third-order valence-corrected chi connectivity index (χ3v) is 0.458. The second-order valence-corrected chi connectivity index (χ2v) is 0.945. The lowest BCUT2D eigenvalue weighted by Gasteiger charge is -2.06. The van der Waals surface area contributed by atoms with Crippen LogP contribution < -0.4 is 0 Å². The van der Waals surface area contributed by atoms with E-state index in [1.165, 1.54) is 0 Å². The predicted octanol–water partition coefficient (Wildman–Crippen LogP) is 0.925. The van der Waals surface area contributed by atoms with Crippen molar-refractivity contribution in [1.29, 1.82) is 0 Å². The van der Waals surface area contributed by atoms with Crippen molar-refractivity contribution in [2.45, 2.75) is 0 Å². The van der Waals surface area contributed by atoms with Crippen LogP contribution in [0.5, 0.6) is 0 Å². The predicted molar refractivity (Wildman–Crippen MR) is 19.4 cm³/mol. The van der Waals surface area contributed by atoms with Crippen LogP contribution in [0.25, 0.3) is 0 Å². The molecule has 0 rings (SSSR count). The van der Waals surface area contributed by atoms with E-state index in [1.807, 2.05) is 0 Å². The Kier molecular flexibility index (Phi) is 2.79. The zero-order valence-electron chi connectivity index (χ0n) is 4.34. The first-order valence-corrected chi connectivity index (χ1v) is 1.75. The third-order valence-electron chi connectivity index (χ3n) is 0.458. The summed E-state index contributed by atoms with van der Waals surface area (Å²) in [6, 6.07) is 0. The minimum absolute atomic E-state index is 0.776. The minimum Gasteiger partial charge on any atom is -0.450 e. The number of carbonyl (C=O) groups excluding carboxylic acids is 1. The average Bonchev–Trinajstić information content (AvgIpc) is 1.84. The van der Waals surface area contributed by atoms with Crippen LogP contribution >= 0.6 is 0 Å². The molecule has 0 aromatic heterocycles. The third kappa shape index (κ3) is 2.17. The van der Waals surface area contributed by atoms with Gasteiger partial charge in [0.25, 0.3) is 0 Å². The zero-order chi connectivity index (χ0) is 7.44. The lowest BCUT2D eigenvalue weighted by Crippen LogP contribution is -2.29. The summed E-state index contributed by atoms with van der Waals surface area (Å²) >= 11 is 0. The van der Waals surface area contributed by atoms with Crippen LogP contribution in [0, 0.1) is 0 Å². The second kappa shape index (κ2) is 3.13. The first kappa shape index (κ1) is 8.02. The molecule has 0 aliphatic carbocycles. The molecule has 0 fully saturated rings. The Morgan fingerprint density at radius 2 is 1.89 bits per heavy atom. The van der Waals surface area contributed by atoms with E-state index in [0.717, 1.165) is 7.11 Å². The number of hydrogen-bond donors (Lipinski definition) is 0. The molecule has 0 atom stereocenters. The SMILES string of the molecule is COC(=O)N(F)N(F)F. The molecule has 0 aromatic carbocycles. The van der Waals surface area contributed by atoms with Crippen LogP contribution in [-0.2, 0) is 4.74 Å². The van der Waals surface area contributed by atoms with Crippen LogP contribution in [-0.4, -0.2) is 23.9 Å². The van der Waals surface area contributed by atoms with Crippen molar-refractivity contribution in [2.75, 3.05) is 7.11 Å². The van der Waals surface area contributed by atoms with Crippen molar-refractivity contribution in [1.82, 2.24) is 10.7 Å².